The minimum Gasteiger partial charge on any atom is -0.481 e. The van der Waals surface area contributed by atoms with E-state index in [-0.39, 0.29) is 37.5 Å². The zero-order valence-corrected chi connectivity index (χ0v) is 20.0. The van der Waals surface area contributed by atoms with Gasteiger partial charge in [-0.1, -0.05) is 55.5 Å². The van der Waals surface area contributed by atoms with Crippen molar-refractivity contribution in [2.24, 2.45) is 11.3 Å². The highest BCUT2D eigenvalue weighted by Gasteiger charge is 2.53. The highest BCUT2D eigenvalue weighted by Crippen LogP contribution is 2.44. The number of carbonyl (C=O) groups is 3. The van der Waals surface area contributed by atoms with Gasteiger partial charge in [0, 0.05) is 32.0 Å². The molecular formula is C27H30N2O6. The van der Waals surface area contributed by atoms with E-state index in [4.69, 9.17) is 9.47 Å². The monoisotopic (exact) mass is 478 g/mol. The first-order valence-electron chi connectivity index (χ1n) is 12.0. The third kappa shape index (κ3) is 3.86. The Hall–Kier alpha value is -3.39. The number of ether oxygens (including phenoxy) is 2. The van der Waals surface area contributed by atoms with Crippen LogP contribution in [0.1, 0.15) is 37.3 Å². The molecule has 0 bridgehead atoms. The van der Waals surface area contributed by atoms with E-state index >= 15 is 0 Å². The molecule has 0 spiro atoms. The molecule has 0 radical (unpaired) electrons. The first-order chi connectivity index (χ1) is 16.7. The van der Waals surface area contributed by atoms with E-state index in [2.05, 4.69) is 17.4 Å². The Morgan fingerprint density at radius 1 is 1.11 bits per heavy atom. The number of amides is 2. The maximum Gasteiger partial charge on any atom is 0.408 e. The lowest BCUT2D eigenvalue weighted by Gasteiger charge is -2.32. The van der Waals surface area contributed by atoms with Crippen molar-refractivity contribution in [1.82, 2.24) is 10.2 Å². The van der Waals surface area contributed by atoms with E-state index in [1.807, 2.05) is 43.3 Å². The fourth-order valence-corrected chi connectivity index (χ4v) is 5.60. The minimum absolute atomic E-state index is 0.0324. The van der Waals surface area contributed by atoms with Crippen molar-refractivity contribution in [3.8, 4) is 11.1 Å². The SMILES string of the molecule is CC1CN(C(=O)C2(NC(=O)OCC3c4ccccc4-c4ccccc43)CCOC2)CC1(C)C(=O)O. The summed E-state index contributed by atoms with van der Waals surface area (Å²) in [4.78, 5) is 39.8. The molecule has 8 nitrogen and oxygen atoms in total. The maximum absolute atomic E-state index is 13.5. The van der Waals surface area contributed by atoms with E-state index in [0.29, 0.717) is 19.6 Å². The summed E-state index contributed by atoms with van der Waals surface area (Å²) in [5.41, 5.74) is 2.20. The molecule has 2 heterocycles. The molecule has 1 aliphatic carbocycles. The predicted molar refractivity (Wildman–Crippen MR) is 128 cm³/mol. The molecule has 3 unspecified atom stereocenters. The number of alkyl carbamates (subject to hydrolysis) is 1. The Kier molecular flexibility index (Phi) is 5.79. The Morgan fingerprint density at radius 3 is 2.29 bits per heavy atom. The Balaban J connectivity index is 1.29. The molecule has 2 aromatic rings. The van der Waals surface area contributed by atoms with Crippen molar-refractivity contribution >= 4 is 18.0 Å². The summed E-state index contributed by atoms with van der Waals surface area (Å²) in [7, 11) is 0. The van der Waals surface area contributed by atoms with Gasteiger partial charge in [0.1, 0.15) is 12.1 Å². The quantitative estimate of drug-likeness (QED) is 0.684. The standard InChI is InChI=1S/C27H30N2O6/c1-17-13-29(15-26(17,2)24(31)32)23(30)27(11-12-34-16-27)28-25(33)35-14-22-20-9-5-3-7-18(20)19-8-4-6-10-21(19)22/h3-10,17,22H,11-16H2,1-2H3,(H,28,33)(H,31,32). The minimum atomic E-state index is -1.26. The molecule has 2 amide bonds. The molecule has 2 fully saturated rings. The smallest absolute Gasteiger partial charge is 0.408 e. The highest BCUT2D eigenvalue weighted by atomic mass is 16.6. The normalized spacial score (nSPS) is 27.4. The van der Waals surface area contributed by atoms with Crippen molar-refractivity contribution in [3.63, 3.8) is 0 Å². The Morgan fingerprint density at radius 2 is 1.74 bits per heavy atom. The fourth-order valence-electron chi connectivity index (χ4n) is 5.60. The van der Waals surface area contributed by atoms with Crippen LogP contribution in [-0.4, -0.2) is 66.4 Å². The van der Waals surface area contributed by atoms with Gasteiger partial charge in [0.05, 0.1) is 12.0 Å². The molecule has 3 atom stereocenters. The topological polar surface area (TPSA) is 105 Å². The number of rotatable bonds is 5. The number of fused-ring (bicyclic) bond motifs is 3. The fraction of sp³-hybridized carbons (Fsp3) is 0.444. The lowest BCUT2D eigenvalue weighted by Crippen LogP contribution is -2.60. The molecule has 184 valence electrons. The summed E-state index contributed by atoms with van der Waals surface area (Å²) in [5, 5.41) is 12.5. The molecular weight excluding hydrogens is 448 g/mol. The summed E-state index contributed by atoms with van der Waals surface area (Å²) in [6.07, 6.45) is -0.371. The van der Waals surface area contributed by atoms with Gasteiger partial charge in [0.15, 0.2) is 0 Å². The number of benzene rings is 2. The van der Waals surface area contributed by atoms with E-state index < -0.39 is 23.0 Å². The van der Waals surface area contributed by atoms with Crippen molar-refractivity contribution in [2.45, 2.75) is 31.7 Å². The van der Waals surface area contributed by atoms with Gasteiger partial charge < -0.3 is 24.8 Å². The number of nitrogens with one attached hydrogen (secondary N) is 1. The van der Waals surface area contributed by atoms with Gasteiger partial charge in [-0.2, -0.15) is 0 Å². The second-order valence-corrected chi connectivity index (χ2v) is 10.1. The van der Waals surface area contributed by atoms with E-state index in [9.17, 15) is 19.5 Å². The van der Waals surface area contributed by atoms with Gasteiger partial charge in [-0.05, 0) is 35.1 Å². The van der Waals surface area contributed by atoms with Crippen molar-refractivity contribution in [3.05, 3.63) is 59.7 Å². The third-order valence-corrected chi connectivity index (χ3v) is 7.99. The molecule has 2 aromatic carbocycles. The van der Waals surface area contributed by atoms with Crippen molar-refractivity contribution < 1.29 is 29.0 Å². The molecule has 0 aromatic heterocycles. The molecule has 2 N–H and O–H groups in total. The lowest BCUT2D eigenvalue weighted by atomic mass is 9.81. The average molecular weight is 479 g/mol. The second kappa shape index (κ2) is 8.68. The van der Waals surface area contributed by atoms with Crippen LogP contribution in [0.4, 0.5) is 4.79 Å². The van der Waals surface area contributed by atoms with E-state index in [0.717, 1.165) is 22.3 Å². The summed E-state index contributed by atoms with van der Waals surface area (Å²) in [6.45, 7) is 4.40. The molecule has 2 aliphatic heterocycles. The maximum atomic E-state index is 13.5. The average Bonchev–Trinajstić information content (AvgIpc) is 3.53. The molecule has 2 saturated heterocycles. The Labute approximate surface area is 204 Å². The van der Waals surface area contributed by atoms with E-state index in [1.165, 1.54) is 4.90 Å². The van der Waals surface area contributed by atoms with Crippen LogP contribution in [0.5, 0.6) is 0 Å². The van der Waals surface area contributed by atoms with Gasteiger partial charge in [0.2, 0.25) is 0 Å². The van der Waals surface area contributed by atoms with Gasteiger partial charge in [-0.3, -0.25) is 9.59 Å². The number of carboxylic acids is 1. The number of carbonyl (C=O) groups excluding carboxylic acids is 2. The zero-order chi connectivity index (χ0) is 24.8. The van der Waals surface area contributed by atoms with Crippen molar-refractivity contribution in [2.75, 3.05) is 32.9 Å². The number of aliphatic carboxylic acids is 1. The van der Waals surface area contributed by atoms with Crippen LogP contribution >= 0.6 is 0 Å². The zero-order valence-electron chi connectivity index (χ0n) is 20.0. The first-order valence-corrected chi connectivity index (χ1v) is 12.0. The molecule has 35 heavy (non-hydrogen) atoms. The number of nitrogens with zero attached hydrogens (tertiary/aromatic N) is 1. The predicted octanol–water partition coefficient (Wildman–Crippen LogP) is 3.25. The summed E-state index contributed by atoms with van der Waals surface area (Å²) in [6, 6.07) is 16.2. The highest BCUT2D eigenvalue weighted by molar-refractivity contribution is 5.91. The van der Waals surface area contributed by atoms with E-state index in [1.54, 1.807) is 6.92 Å². The van der Waals surface area contributed by atoms with Gasteiger partial charge in [0.25, 0.3) is 5.91 Å². The van der Waals surface area contributed by atoms with Gasteiger partial charge in [-0.15, -0.1) is 0 Å². The molecule has 0 saturated carbocycles. The second-order valence-electron chi connectivity index (χ2n) is 10.1. The van der Waals surface area contributed by atoms with Gasteiger partial charge >= 0.3 is 12.1 Å². The van der Waals surface area contributed by atoms with Gasteiger partial charge in [-0.25, -0.2) is 4.79 Å². The largest absolute Gasteiger partial charge is 0.481 e. The number of likely N-dealkylation sites (tertiary alicyclic amines) is 1. The summed E-state index contributed by atoms with van der Waals surface area (Å²) >= 11 is 0. The third-order valence-electron chi connectivity index (χ3n) is 7.99. The number of hydrogen-bond acceptors (Lipinski definition) is 5. The van der Waals surface area contributed by atoms with Crippen LogP contribution in [0.2, 0.25) is 0 Å². The number of carboxylic acid groups (broad SMARTS) is 1. The first kappa shape index (κ1) is 23.4. The molecule has 5 rings (SSSR count). The molecule has 8 heteroatoms. The van der Waals surface area contributed by atoms with Crippen LogP contribution in [0.25, 0.3) is 11.1 Å². The van der Waals surface area contributed by atoms with Crippen molar-refractivity contribution in [1.29, 1.82) is 0 Å². The lowest BCUT2D eigenvalue weighted by molar-refractivity contribution is -0.149. The Bertz CT molecular complexity index is 1130. The van der Waals surface area contributed by atoms with Crippen LogP contribution in [0.15, 0.2) is 48.5 Å². The van der Waals surface area contributed by atoms with Crippen LogP contribution in [0.3, 0.4) is 0 Å². The summed E-state index contributed by atoms with van der Waals surface area (Å²) in [5.74, 6) is -1.55. The number of hydrogen-bond donors (Lipinski definition) is 2. The van der Waals surface area contributed by atoms with Crippen LogP contribution in [-0.2, 0) is 19.1 Å². The summed E-state index contributed by atoms with van der Waals surface area (Å²) < 4.78 is 11.2. The molecule has 3 aliphatic rings. The van der Waals surface area contributed by atoms with Crippen LogP contribution in [0, 0.1) is 11.3 Å². The van der Waals surface area contributed by atoms with Crippen LogP contribution < -0.4 is 5.32 Å².